The van der Waals surface area contributed by atoms with Crippen molar-refractivity contribution in [1.82, 2.24) is 0 Å². The van der Waals surface area contributed by atoms with E-state index in [1.165, 1.54) is 11.8 Å². The summed E-state index contributed by atoms with van der Waals surface area (Å²) in [5.41, 5.74) is 0. The van der Waals surface area contributed by atoms with Crippen molar-refractivity contribution in [3.05, 3.63) is 56.5 Å². The van der Waals surface area contributed by atoms with Gasteiger partial charge in [0.2, 0.25) is 0 Å². The molecule has 0 nitrogen and oxygen atoms in total. The lowest BCUT2D eigenvalue weighted by Gasteiger charge is -2.07. The summed E-state index contributed by atoms with van der Waals surface area (Å²) in [4.78, 5) is 1.70. The molecule has 0 heterocycles. The molecule has 0 aromatic heterocycles. The fourth-order valence-electron chi connectivity index (χ4n) is 1.24. The molecule has 2 aromatic rings. The molecule has 88 valence electrons. The Bertz CT molecular complexity index is 505. The van der Waals surface area contributed by atoms with Gasteiger partial charge in [-0.15, -0.1) is 0 Å². The summed E-state index contributed by atoms with van der Waals surface area (Å²) in [7, 11) is 0. The quantitative estimate of drug-likeness (QED) is 0.611. The Labute approximate surface area is 124 Å². The molecule has 0 unspecified atom stereocenters. The van der Waals surface area contributed by atoms with Crippen LogP contribution in [0.25, 0.3) is 0 Å². The van der Waals surface area contributed by atoms with Crippen LogP contribution in [0.4, 0.5) is 0 Å². The van der Waals surface area contributed by atoms with Crippen LogP contribution in [-0.4, -0.2) is 0 Å². The maximum atomic E-state index is 6.11. The average Bonchev–Trinajstić information content (AvgIpc) is 2.31. The first kappa shape index (κ1) is 13.4. The lowest BCUT2D eigenvalue weighted by molar-refractivity contribution is 1.41. The molecule has 2 rings (SSSR count). The number of hydrogen-bond donors (Lipinski definition) is 0. The van der Waals surface area contributed by atoms with Gasteiger partial charge >= 0.3 is 0 Å². The lowest BCUT2D eigenvalue weighted by atomic mass is 10.3. The van der Waals surface area contributed by atoms with Crippen LogP contribution in [0.5, 0.6) is 0 Å². The first-order valence-electron chi connectivity index (χ1n) is 4.65. The van der Waals surface area contributed by atoms with Crippen molar-refractivity contribution in [2.24, 2.45) is 0 Å². The van der Waals surface area contributed by atoms with Crippen LogP contribution in [0.2, 0.25) is 20.1 Å². The molecule has 0 saturated heterocycles. The Morgan fingerprint density at radius 3 is 1.47 bits per heavy atom. The van der Waals surface area contributed by atoms with E-state index in [4.69, 9.17) is 46.4 Å². The number of benzene rings is 2. The van der Waals surface area contributed by atoms with Gasteiger partial charge in [0.15, 0.2) is 0 Å². The van der Waals surface area contributed by atoms with Crippen molar-refractivity contribution in [1.29, 1.82) is 0 Å². The minimum atomic E-state index is 0.523. The summed E-state index contributed by atoms with van der Waals surface area (Å²) >= 11 is 25.5. The minimum absolute atomic E-state index is 0.523. The largest absolute Gasteiger partial charge is 0.0869 e. The van der Waals surface area contributed by atoms with Crippen molar-refractivity contribution in [2.75, 3.05) is 0 Å². The van der Waals surface area contributed by atoms with Gasteiger partial charge in [0.1, 0.15) is 0 Å². The topological polar surface area (TPSA) is 0 Å². The fourth-order valence-corrected chi connectivity index (χ4v) is 3.12. The van der Waals surface area contributed by atoms with Gasteiger partial charge in [-0.1, -0.05) is 70.3 Å². The van der Waals surface area contributed by atoms with Crippen LogP contribution in [0.3, 0.4) is 0 Å². The Balaban J connectivity index is 2.38. The number of rotatable bonds is 2. The molecule has 0 bridgehead atoms. The summed E-state index contributed by atoms with van der Waals surface area (Å²) in [5.74, 6) is 0. The maximum absolute atomic E-state index is 6.11. The second-order valence-electron chi connectivity index (χ2n) is 3.21. The van der Waals surface area contributed by atoms with Crippen LogP contribution in [0.15, 0.2) is 46.2 Å². The highest BCUT2D eigenvalue weighted by atomic mass is 35.5. The Morgan fingerprint density at radius 2 is 1.06 bits per heavy atom. The van der Waals surface area contributed by atoms with Gasteiger partial charge in [-0.05, 0) is 24.3 Å². The van der Waals surface area contributed by atoms with Gasteiger partial charge in [0.05, 0.1) is 20.1 Å². The molecule has 5 heteroatoms. The van der Waals surface area contributed by atoms with E-state index in [-0.39, 0.29) is 0 Å². The zero-order chi connectivity index (χ0) is 12.4. The second kappa shape index (κ2) is 5.73. The van der Waals surface area contributed by atoms with Crippen molar-refractivity contribution in [3.8, 4) is 0 Å². The highest BCUT2D eigenvalue weighted by molar-refractivity contribution is 7.99. The van der Waals surface area contributed by atoms with Crippen molar-refractivity contribution < 1.29 is 0 Å². The molecule has 0 amide bonds. The summed E-state index contributed by atoms with van der Waals surface area (Å²) < 4.78 is 0. The van der Waals surface area contributed by atoms with E-state index >= 15 is 0 Å². The first-order valence-corrected chi connectivity index (χ1v) is 6.98. The van der Waals surface area contributed by atoms with Crippen LogP contribution < -0.4 is 0 Å². The molecule has 0 aliphatic heterocycles. The smallest absolute Gasteiger partial charge is 0.0731 e. The Hall–Kier alpha value is -0.0500. The molecule has 0 aliphatic rings. The molecule has 0 atom stereocenters. The zero-order valence-electron chi connectivity index (χ0n) is 8.38. The van der Waals surface area contributed by atoms with E-state index in [1.807, 2.05) is 24.3 Å². The van der Waals surface area contributed by atoms with Gasteiger partial charge in [-0.3, -0.25) is 0 Å². The summed E-state index contributed by atoms with van der Waals surface area (Å²) in [6, 6.07) is 10.9. The molecule has 0 spiro atoms. The molecule has 2 aromatic carbocycles. The number of hydrogen-bond acceptors (Lipinski definition) is 1. The SMILES string of the molecule is Clc1cccc(Sc2cccc(Cl)c2Cl)c1Cl. The minimum Gasteiger partial charge on any atom is -0.0869 e. The van der Waals surface area contributed by atoms with Gasteiger partial charge in [-0.25, -0.2) is 0 Å². The zero-order valence-corrected chi connectivity index (χ0v) is 12.2. The fraction of sp³-hybridized carbons (Fsp3) is 0. The number of halogens is 4. The van der Waals surface area contributed by atoms with Crippen molar-refractivity contribution in [3.63, 3.8) is 0 Å². The third-order valence-corrected chi connectivity index (χ3v) is 5.03. The predicted octanol–water partition coefficient (Wildman–Crippen LogP) is 6.45. The van der Waals surface area contributed by atoms with Gasteiger partial charge in [-0.2, -0.15) is 0 Å². The molecular weight excluding hydrogens is 318 g/mol. The van der Waals surface area contributed by atoms with Crippen LogP contribution in [-0.2, 0) is 0 Å². The molecule has 0 N–H and O–H groups in total. The predicted molar refractivity (Wildman–Crippen MR) is 77.0 cm³/mol. The first-order chi connectivity index (χ1) is 8.09. The molecule has 0 fully saturated rings. The molecule has 0 aliphatic carbocycles. The van der Waals surface area contributed by atoms with Gasteiger partial charge in [0.25, 0.3) is 0 Å². The van der Waals surface area contributed by atoms with Crippen LogP contribution in [0, 0.1) is 0 Å². The van der Waals surface area contributed by atoms with E-state index in [1.54, 1.807) is 12.1 Å². The molecular formula is C12H6Cl4S. The van der Waals surface area contributed by atoms with E-state index in [0.29, 0.717) is 20.1 Å². The highest BCUT2D eigenvalue weighted by Crippen LogP contribution is 2.41. The summed E-state index contributed by atoms with van der Waals surface area (Å²) in [6.45, 7) is 0. The molecule has 0 radical (unpaired) electrons. The van der Waals surface area contributed by atoms with E-state index in [0.717, 1.165) is 9.79 Å². The van der Waals surface area contributed by atoms with Crippen molar-refractivity contribution >= 4 is 58.2 Å². The van der Waals surface area contributed by atoms with Crippen LogP contribution >= 0.6 is 58.2 Å². The normalized spacial score (nSPS) is 10.6. The standard InChI is InChI=1S/C12H6Cl4S/c13-7-3-1-5-9(11(7)15)17-10-6-2-4-8(14)12(10)16/h1-6H. The van der Waals surface area contributed by atoms with Crippen molar-refractivity contribution in [2.45, 2.75) is 9.79 Å². The molecule has 0 saturated carbocycles. The highest BCUT2D eigenvalue weighted by Gasteiger charge is 2.10. The van der Waals surface area contributed by atoms with Gasteiger partial charge < -0.3 is 0 Å². The van der Waals surface area contributed by atoms with Crippen LogP contribution in [0.1, 0.15) is 0 Å². The second-order valence-corrected chi connectivity index (χ2v) is 5.86. The van der Waals surface area contributed by atoms with E-state index < -0.39 is 0 Å². The lowest BCUT2D eigenvalue weighted by Crippen LogP contribution is -1.79. The third-order valence-electron chi connectivity index (χ3n) is 2.05. The Kier molecular flexibility index (Phi) is 4.51. The monoisotopic (exact) mass is 322 g/mol. The van der Waals surface area contributed by atoms with E-state index in [2.05, 4.69) is 0 Å². The maximum Gasteiger partial charge on any atom is 0.0731 e. The third kappa shape index (κ3) is 3.04. The van der Waals surface area contributed by atoms with E-state index in [9.17, 15) is 0 Å². The summed E-state index contributed by atoms with van der Waals surface area (Å²) in [6.07, 6.45) is 0. The Morgan fingerprint density at radius 1 is 0.647 bits per heavy atom. The molecule has 17 heavy (non-hydrogen) atoms. The van der Waals surface area contributed by atoms with Gasteiger partial charge in [0, 0.05) is 9.79 Å². The average molecular weight is 324 g/mol. The summed E-state index contributed by atoms with van der Waals surface area (Å²) in [5, 5.41) is 2.09.